The molecule has 1 amide bonds. The van der Waals surface area contributed by atoms with Gasteiger partial charge in [0.25, 0.3) is 5.92 Å². The van der Waals surface area contributed by atoms with Gasteiger partial charge in [-0.3, -0.25) is 14.7 Å². The zero-order valence-electron chi connectivity index (χ0n) is 19.5. The van der Waals surface area contributed by atoms with E-state index in [0.29, 0.717) is 6.20 Å². The Kier molecular flexibility index (Phi) is 7.73. The maximum atomic E-state index is 15.4. The van der Waals surface area contributed by atoms with E-state index in [1.165, 1.54) is 15.9 Å². The second-order valence-corrected chi connectivity index (χ2v) is 8.92. The number of aromatic nitrogens is 3. The standard InChI is InChI=1S/C22H25F6N7O2/c23-18-19(31-7-13-3-4-34(9-17(29)36)11-21(13,24)25)32-12-33-20(18)35-5-6-37-10-16(35)15-2-1-14(8-30-15)22(26,27)28/h1-2,8,12-13,16H,3-7,9-11H2,(H2,29,36)(H,31,32,33)/t13-,16-/m1/s1. The SMILES string of the molecule is NC(=O)CN1CC[C@H](CNc2ncnc(N3CCOC[C@@H]3c3ccc(C(F)(F)F)cn3)c2F)C(F)(F)C1. The molecule has 2 aliphatic heterocycles. The van der Waals surface area contributed by atoms with Gasteiger partial charge in [0.2, 0.25) is 11.7 Å². The summed E-state index contributed by atoms with van der Waals surface area (Å²) in [4.78, 5) is 25.6. The molecular formula is C22H25F6N7O2. The van der Waals surface area contributed by atoms with Gasteiger partial charge in [0.1, 0.15) is 6.33 Å². The van der Waals surface area contributed by atoms with Crippen molar-refractivity contribution in [3.8, 4) is 0 Å². The summed E-state index contributed by atoms with van der Waals surface area (Å²) in [7, 11) is 0. The van der Waals surface area contributed by atoms with Crippen LogP contribution in [0.25, 0.3) is 0 Å². The van der Waals surface area contributed by atoms with Crippen LogP contribution in [0.1, 0.15) is 23.7 Å². The van der Waals surface area contributed by atoms with E-state index in [1.54, 1.807) is 0 Å². The van der Waals surface area contributed by atoms with Crippen LogP contribution < -0.4 is 16.0 Å². The van der Waals surface area contributed by atoms with Crippen LogP contribution >= 0.6 is 0 Å². The fourth-order valence-corrected chi connectivity index (χ4v) is 4.44. The number of amides is 1. The molecule has 9 nitrogen and oxygen atoms in total. The minimum atomic E-state index is -4.55. The number of piperidine rings is 1. The third-order valence-corrected chi connectivity index (χ3v) is 6.35. The van der Waals surface area contributed by atoms with E-state index in [4.69, 9.17) is 10.5 Å². The smallest absolute Gasteiger partial charge is 0.377 e. The van der Waals surface area contributed by atoms with E-state index in [1.807, 2.05) is 0 Å². The summed E-state index contributed by atoms with van der Waals surface area (Å²) >= 11 is 0. The van der Waals surface area contributed by atoms with Crippen molar-refractivity contribution in [1.29, 1.82) is 0 Å². The molecule has 0 aliphatic carbocycles. The van der Waals surface area contributed by atoms with E-state index >= 15 is 4.39 Å². The highest BCUT2D eigenvalue weighted by Crippen LogP contribution is 2.35. The Labute approximate surface area is 208 Å². The molecule has 0 radical (unpaired) electrons. The number of likely N-dealkylation sites (tertiary alicyclic amines) is 1. The number of morpholine rings is 1. The molecule has 3 N–H and O–H groups in total. The molecule has 0 aromatic carbocycles. The van der Waals surface area contributed by atoms with Crippen LogP contribution in [-0.4, -0.2) is 77.6 Å². The number of anilines is 2. The number of carbonyl (C=O) groups excluding carboxylic acids is 1. The van der Waals surface area contributed by atoms with Gasteiger partial charge in [0, 0.05) is 25.2 Å². The molecule has 4 rings (SSSR count). The van der Waals surface area contributed by atoms with E-state index in [-0.39, 0.29) is 63.1 Å². The lowest BCUT2D eigenvalue weighted by Crippen LogP contribution is -2.52. The topological polar surface area (TPSA) is 110 Å². The van der Waals surface area contributed by atoms with Gasteiger partial charge in [-0.2, -0.15) is 17.6 Å². The van der Waals surface area contributed by atoms with Crippen molar-refractivity contribution >= 4 is 17.5 Å². The Morgan fingerprint density at radius 3 is 2.65 bits per heavy atom. The minimum Gasteiger partial charge on any atom is -0.377 e. The summed E-state index contributed by atoms with van der Waals surface area (Å²) < 4.78 is 88.8. The predicted octanol–water partition coefficient (Wildman–Crippen LogP) is 2.46. The molecule has 2 aromatic rings. The van der Waals surface area contributed by atoms with E-state index in [2.05, 4.69) is 20.3 Å². The zero-order chi connectivity index (χ0) is 26.8. The first-order chi connectivity index (χ1) is 17.5. The highest BCUT2D eigenvalue weighted by molar-refractivity contribution is 5.75. The van der Waals surface area contributed by atoms with Crippen molar-refractivity contribution < 1.29 is 35.9 Å². The Balaban J connectivity index is 1.48. The third kappa shape index (κ3) is 6.21. The second kappa shape index (κ2) is 10.7. The quantitative estimate of drug-likeness (QED) is 0.523. The average molecular weight is 533 g/mol. The zero-order valence-corrected chi connectivity index (χ0v) is 19.5. The van der Waals surface area contributed by atoms with Crippen LogP contribution in [0.5, 0.6) is 0 Å². The monoisotopic (exact) mass is 533 g/mol. The lowest BCUT2D eigenvalue weighted by atomic mass is 9.92. The Bertz CT molecular complexity index is 1100. The molecule has 4 heterocycles. The summed E-state index contributed by atoms with van der Waals surface area (Å²) in [5, 5.41) is 2.64. The van der Waals surface area contributed by atoms with E-state index < -0.39 is 47.9 Å². The van der Waals surface area contributed by atoms with Gasteiger partial charge >= 0.3 is 6.18 Å². The van der Waals surface area contributed by atoms with Crippen LogP contribution in [0.3, 0.4) is 0 Å². The van der Waals surface area contributed by atoms with E-state index in [0.717, 1.165) is 12.4 Å². The molecule has 2 saturated heterocycles. The molecule has 2 atom stereocenters. The summed E-state index contributed by atoms with van der Waals surface area (Å²) in [6.07, 6.45) is -2.73. The molecule has 202 valence electrons. The number of carbonyl (C=O) groups is 1. The molecule has 2 aliphatic rings. The molecule has 2 aromatic heterocycles. The molecular weight excluding hydrogens is 508 g/mol. The van der Waals surface area contributed by atoms with Crippen LogP contribution in [-0.2, 0) is 15.7 Å². The van der Waals surface area contributed by atoms with Crippen molar-refractivity contribution in [3.05, 3.63) is 41.7 Å². The molecule has 15 heteroatoms. The highest BCUT2D eigenvalue weighted by Gasteiger charge is 2.44. The number of rotatable bonds is 7. The lowest BCUT2D eigenvalue weighted by molar-refractivity contribution is -0.137. The Morgan fingerprint density at radius 2 is 2.00 bits per heavy atom. The average Bonchev–Trinajstić information content (AvgIpc) is 2.83. The summed E-state index contributed by atoms with van der Waals surface area (Å²) in [5.74, 6) is -6.31. The second-order valence-electron chi connectivity index (χ2n) is 8.92. The van der Waals surface area contributed by atoms with E-state index in [9.17, 15) is 26.7 Å². The van der Waals surface area contributed by atoms with Gasteiger partial charge in [-0.1, -0.05) is 0 Å². The van der Waals surface area contributed by atoms with Gasteiger partial charge in [0.15, 0.2) is 11.6 Å². The number of primary amides is 1. The molecule has 0 saturated carbocycles. The van der Waals surface area contributed by atoms with Gasteiger partial charge in [-0.15, -0.1) is 0 Å². The molecule has 0 spiro atoms. The van der Waals surface area contributed by atoms with Crippen molar-refractivity contribution in [1.82, 2.24) is 19.9 Å². The highest BCUT2D eigenvalue weighted by atomic mass is 19.4. The van der Waals surface area contributed by atoms with Gasteiger partial charge in [0.05, 0.1) is 43.6 Å². The van der Waals surface area contributed by atoms with Crippen LogP contribution in [0.2, 0.25) is 0 Å². The van der Waals surface area contributed by atoms with Crippen molar-refractivity contribution in [2.75, 3.05) is 56.2 Å². The van der Waals surface area contributed by atoms with Crippen molar-refractivity contribution in [3.63, 3.8) is 0 Å². The first-order valence-corrected chi connectivity index (χ1v) is 11.5. The maximum absolute atomic E-state index is 15.4. The van der Waals surface area contributed by atoms with Crippen LogP contribution in [0, 0.1) is 11.7 Å². The van der Waals surface area contributed by atoms with Crippen molar-refractivity contribution in [2.24, 2.45) is 11.7 Å². The summed E-state index contributed by atoms with van der Waals surface area (Å²) in [6, 6.07) is 1.35. The summed E-state index contributed by atoms with van der Waals surface area (Å²) in [6.45, 7) is -0.559. The van der Waals surface area contributed by atoms with Gasteiger partial charge in [-0.25, -0.2) is 18.7 Å². The number of halogens is 6. The number of hydrogen-bond acceptors (Lipinski definition) is 8. The number of nitrogens with two attached hydrogens (primary N) is 1. The molecule has 0 unspecified atom stereocenters. The van der Waals surface area contributed by atoms with Crippen LogP contribution in [0.15, 0.2) is 24.7 Å². The third-order valence-electron chi connectivity index (χ3n) is 6.35. The Hall–Kier alpha value is -3.20. The Morgan fingerprint density at radius 1 is 1.22 bits per heavy atom. The fraction of sp³-hybridized carbons (Fsp3) is 0.545. The molecule has 37 heavy (non-hydrogen) atoms. The first-order valence-electron chi connectivity index (χ1n) is 11.5. The maximum Gasteiger partial charge on any atom is 0.417 e. The van der Waals surface area contributed by atoms with Crippen LogP contribution in [0.4, 0.5) is 38.0 Å². The molecule has 0 bridgehead atoms. The number of nitrogens with zero attached hydrogens (tertiary/aromatic N) is 5. The number of hydrogen-bond donors (Lipinski definition) is 2. The first kappa shape index (κ1) is 26.9. The minimum absolute atomic E-state index is 0.0284. The predicted molar refractivity (Wildman–Crippen MR) is 119 cm³/mol. The van der Waals surface area contributed by atoms with Crippen molar-refractivity contribution in [2.45, 2.75) is 24.6 Å². The number of ether oxygens (including phenoxy) is 1. The number of pyridine rings is 1. The normalized spacial score (nSPS) is 22.6. The van der Waals surface area contributed by atoms with Gasteiger partial charge < -0.3 is 20.7 Å². The summed E-state index contributed by atoms with van der Waals surface area (Å²) in [5.41, 5.74) is 4.39. The fourth-order valence-electron chi connectivity index (χ4n) is 4.44. The largest absolute Gasteiger partial charge is 0.417 e. The molecule has 2 fully saturated rings. The van der Waals surface area contributed by atoms with Gasteiger partial charge in [-0.05, 0) is 25.1 Å². The number of nitrogens with one attached hydrogen (secondary N) is 1. The number of alkyl halides is 5. The lowest BCUT2D eigenvalue weighted by Gasteiger charge is -2.38.